The van der Waals surface area contributed by atoms with E-state index in [-0.39, 0.29) is 17.0 Å². The zero-order chi connectivity index (χ0) is 21.8. The van der Waals surface area contributed by atoms with E-state index in [1.807, 2.05) is 0 Å². The molecule has 0 aromatic heterocycles. The fraction of sp³-hybridized carbons (Fsp3) is 0.500. The van der Waals surface area contributed by atoms with Gasteiger partial charge in [0.25, 0.3) is 0 Å². The van der Waals surface area contributed by atoms with Gasteiger partial charge in [-0.1, -0.05) is 36.9 Å². The Morgan fingerprint density at radius 2 is 1.97 bits per heavy atom. The van der Waals surface area contributed by atoms with Crippen molar-refractivity contribution in [3.05, 3.63) is 71.2 Å². The van der Waals surface area contributed by atoms with Crippen molar-refractivity contribution in [2.75, 3.05) is 32.8 Å². The molecule has 1 aromatic carbocycles. The summed E-state index contributed by atoms with van der Waals surface area (Å²) in [4.78, 5) is 2.59. The summed E-state index contributed by atoms with van der Waals surface area (Å²) in [6.45, 7) is 8.62. The number of piperidine rings is 1. The van der Waals surface area contributed by atoms with Crippen LogP contribution in [0.1, 0.15) is 42.9 Å². The van der Waals surface area contributed by atoms with Gasteiger partial charge in [-0.15, -0.1) is 0 Å². The van der Waals surface area contributed by atoms with Gasteiger partial charge in [-0.3, -0.25) is 4.90 Å². The van der Waals surface area contributed by atoms with Gasteiger partial charge in [0, 0.05) is 25.4 Å². The lowest BCUT2D eigenvalue weighted by molar-refractivity contribution is 0.0195. The molecule has 1 fully saturated rings. The van der Waals surface area contributed by atoms with Crippen LogP contribution in [-0.2, 0) is 15.9 Å². The van der Waals surface area contributed by atoms with Crippen LogP contribution >= 0.6 is 0 Å². The second kappa shape index (κ2) is 7.49. The lowest BCUT2D eigenvalue weighted by Crippen LogP contribution is -2.56. The molecule has 6 rings (SSSR count). The van der Waals surface area contributed by atoms with Gasteiger partial charge in [0.1, 0.15) is 19.0 Å². The van der Waals surface area contributed by atoms with Gasteiger partial charge < -0.3 is 20.6 Å². The number of ether oxygens (including phenoxy) is 2. The predicted octanol–water partition coefficient (Wildman–Crippen LogP) is 3.19. The summed E-state index contributed by atoms with van der Waals surface area (Å²) in [6.07, 6.45) is 9.29. The van der Waals surface area contributed by atoms with E-state index in [2.05, 4.69) is 58.4 Å². The Morgan fingerprint density at radius 1 is 1.16 bits per heavy atom. The highest BCUT2D eigenvalue weighted by atomic mass is 16.6. The van der Waals surface area contributed by atoms with Crippen molar-refractivity contribution in [2.24, 2.45) is 16.3 Å². The molecule has 1 saturated heterocycles. The third kappa shape index (κ3) is 2.96. The van der Waals surface area contributed by atoms with Gasteiger partial charge >= 0.3 is 0 Å². The molecule has 6 heteroatoms. The summed E-state index contributed by atoms with van der Waals surface area (Å²) in [5.74, 6) is 1.81. The number of rotatable bonds is 3. The van der Waals surface area contributed by atoms with E-state index in [0.717, 1.165) is 74.5 Å². The largest absolute Gasteiger partial charge is 0.490 e. The molecule has 1 aromatic rings. The molecule has 2 aliphatic carbocycles. The van der Waals surface area contributed by atoms with E-state index < -0.39 is 0 Å². The average Bonchev–Trinajstić information content (AvgIpc) is 3.46. The van der Waals surface area contributed by atoms with Crippen molar-refractivity contribution < 1.29 is 9.47 Å². The van der Waals surface area contributed by atoms with E-state index in [4.69, 9.17) is 15.2 Å². The summed E-state index contributed by atoms with van der Waals surface area (Å²) in [5, 5.41) is 4.56. The molecule has 168 valence electrons. The average molecular weight is 433 g/mol. The maximum atomic E-state index is 6.84. The van der Waals surface area contributed by atoms with Crippen LogP contribution in [0, 0.1) is 5.41 Å². The Labute approximate surface area is 189 Å². The number of hydrazone groups is 1. The van der Waals surface area contributed by atoms with Crippen molar-refractivity contribution in [3.8, 4) is 0 Å². The molecular formula is C26H32N4O2. The molecule has 32 heavy (non-hydrogen) atoms. The highest BCUT2D eigenvalue weighted by Crippen LogP contribution is 2.52. The van der Waals surface area contributed by atoms with Crippen LogP contribution in [0.15, 0.2) is 65.2 Å². The number of fused-ring (bicyclic) bond motifs is 1. The summed E-state index contributed by atoms with van der Waals surface area (Å²) in [7, 11) is 0. The van der Waals surface area contributed by atoms with E-state index in [0.29, 0.717) is 13.2 Å². The van der Waals surface area contributed by atoms with Crippen molar-refractivity contribution in [3.63, 3.8) is 0 Å². The minimum atomic E-state index is -0.332. The Bertz CT molecular complexity index is 1030. The number of hydrogen-bond donors (Lipinski definition) is 2. The van der Waals surface area contributed by atoms with Crippen molar-refractivity contribution in [2.45, 2.75) is 43.7 Å². The van der Waals surface area contributed by atoms with Crippen molar-refractivity contribution in [1.82, 2.24) is 10.3 Å². The Morgan fingerprint density at radius 3 is 2.75 bits per heavy atom. The number of hydrogen-bond acceptors (Lipinski definition) is 6. The number of nitrogens with one attached hydrogen (secondary N) is 1. The fourth-order valence-corrected chi connectivity index (χ4v) is 6.39. The molecule has 1 spiro atoms. The molecule has 0 bridgehead atoms. The fourth-order valence-electron chi connectivity index (χ4n) is 6.39. The number of allylic oxidation sites excluding steroid dienone is 1. The molecular weight excluding hydrogens is 400 g/mol. The molecule has 3 N–H and O–H groups in total. The Kier molecular flexibility index (Phi) is 4.70. The number of likely N-dealkylation sites (tertiary alicyclic amines) is 1. The van der Waals surface area contributed by atoms with Gasteiger partial charge in [-0.2, -0.15) is 5.10 Å². The van der Waals surface area contributed by atoms with Gasteiger partial charge in [0.05, 0.1) is 11.3 Å². The van der Waals surface area contributed by atoms with E-state index in [9.17, 15) is 0 Å². The molecule has 2 atom stereocenters. The van der Waals surface area contributed by atoms with Crippen LogP contribution < -0.4 is 11.2 Å². The SMILES string of the molecule is C=C(C1=NNCC1)[C@@]1(N2CCC3(CC2)Cc2ccccc2C3N)C=CC2=C(C1)OCCO2. The second-order valence-corrected chi connectivity index (χ2v) is 9.82. The van der Waals surface area contributed by atoms with Crippen LogP contribution in [0.25, 0.3) is 0 Å². The predicted molar refractivity (Wildman–Crippen MR) is 125 cm³/mol. The summed E-state index contributed by atoms with van der Waals surface area (Å²) in [5.41, 5.74) is 14.7. The monoisotopic (exact) mass is 432 g/mol. The first-order valence-corrected chi connectivity index (χ1v) is 11.9. The second-order valence-electron chi connectivity index (χ2n) is 9.82. The first-order chi connectivity index (χ1) is 15.6. The normalized spacial score (nSPS) is 30.8. The number of nitrogens with two attached hydrogens (primary N) is 1. The molecule has 0 radical (unpaired) electrons. The number of nitrogens with zero attached hydrogens (tertiary/aromatic N) is 2. The van der Waals surface area contributed by atoms with Crippen LogP contribution in [0.2, 0.25) is 0 Å². The van der Waals surface area contributed by atoms with Crippen LogP contribution in [0.4, 0.5) is 0 Å². The van der Waals surface area contributed by atoms with Gasteiger partial charge in [0.15, 0.2) is 5.76 Å². The first-order valence-electron chi connectivity index (χ1n) is 11.9. The van der Waals surface area contributed by atoms with Gasteiger partial charge in [-0.05, 0) is 60.5 Å². The van der Waals surface area contributed by atoms with Crippen molar-refractivity contribution in [1.29, 1.82) is 0 Å². The quantitative estimate of drug-likeness (QED) is 0.768. The van der Waals surface area contributed by atoms with Crippen LogP contribution in [-0.4, -0.2) is 49.0 Å². The lowest BCUT2D eigenvalue weighted by atomic mass is 9.70. The number of benzene rings is 1. The lowest BCUT2D eigenvalue weighted by Gasteiger charge is -2.51. The molecule has 3 heterocycles. The molecule has 1 unspecified atom stereocenters. The van der Waals surface area contributed by atoms with Gasteiger partial charge in [0.2, 0.25) is 0 Å². The Balaban J connectivity index is 1.28. The topological polar surface area (TPSA) is 72.1 Å². The van der Waals surface area contributed by atoms with Crippen LogP contribution in [0.5, 0.6) is 0 Å². The minimum absolute atomic E-state index is 0.120. The summed E-state index contributed by atoms with van der Waals surface area (Å²) in [6, 6.07) is 8.85. The minimum Gasteiger partial charge on any atom is -0.490 e. The Hall–Kier alpha value is -2.57. The molecule has 6 nitrogen and oxygen atoms in total. The van der Waals surface area contributed by atoms with Gasteiger partial charge in [-0.25, -0.2) is 0 Å². The van der Waals surface area contributed by atoms with E-state index in [1.165, 1.54) is 11.1 Å². The first kappa shape index (κ1) is 20.1. The standard InChI is InChI=1S/C26H32N4O2/c1-18(21-7-11-28-29-21)26(8-6-22-23(17-26)32-15-14-31-22)30-12-9-25(10-13-30)16-19-4-2-3-5-20(19)24(25)27/h2-6,8,24,28H,1,7,9-17,27H2/t24?,26-/m1/s1. The molecule has 3 aliphatic heterocycles. The summed E-state index contributed by atoms with van der Waals surface area (Å²) >= 11 is 0. The smallest absolute Gasteiger partial charge is 0.156 e. The molecule has 0 saturated carbocycles. The highest BCUT2D eigenvalue weighted by molar-refractivity contribution is 6.03. The third-order valence-electron chi connectivity index (χ3n) is 8.31. The highest BCUT2D eigenvalue weighted by Gasteiger charge is 2.50. The zero-order valence-corrected chi connectivity index (χ0v) is 18.6. The van der Waals surface area contributed by atoms with E-state index >= 15 is 0 Å². The molecule has 0 amide bonds. The van der Waals surface area contributed by atoms with E-state index in [1.54, 1.807) is 0 Å². The third-order valence-corrected chi connectivity index (χ3v) is 8.31. The summed E-state index contributed by atoms with van der Waals surface area (Å²) < 4.78 is 11.9. The maximum Gasteiger partial charge on any atom is 0.156 e. The van der Waals surface area contributed by atoms with Crippen LogP contribution in [0.3, 0.4) is 0 Å². The molecule has 5 aliphatic rings. The van der Waals surface area contributed by atoms with Crippen molar-refractivity contribution >= 4 is 5.71 Å². The maximum absolute atomic E-state index is 6.84. The zero-order valence-electron chi connectivity index (χ0n) is 18.6.